The molecular weight excluding hydrogens is 545 g/mol. The molecule has 1 aromatic heterocycles. The lowest BCUT2D eigenvalue weighted by Gasteiger charge is -2.29. The zero-order valence-electron chi connectivity index (χ0n) is 14.3. The molecule has 2 heterocycles. The van der Waals surface area contributed by atoms with Crippen LogP contribution in [0.1, 0.15) is 12.6 Å². The number of nitrogens with zero attached hydrogens (tertiary/aromatic N) is 1. The number of phosphoric ester groups is 1. The van der Waals surface area contributed by atoms with Crippen molar-refractivity contribution in [1.82, 2.24) is 9.55 Å². The molecular formula is C9H11F4N2O11P3S2. The van der Waals surface area contributed by atoms with Crippen molar-refractivity contribution in [3.05, 3.63) is 21.7 Å². The van der Waals surface area contributed by atoms with E-state index in [1.165, 1.54) is 0 Å². The van der Waals surface area contributed by atoms with E-state index in [0.29, 0.717) is 4.57 Å². The van der Waals surface area contributed by atoms with Crippen LogP contribution in [0.5, 0.6) is 0 Å². The molecule has 31 heavy (non-hydrogen) atoms. The molecule has 0 amide bonds. The minimum Gasteiger partial charge on any atom is -0.325 e. The molecule has 1 aliphatic rings. The third-order valence-corrected chi connectivity index (χ3v) is 7.76. The van der Waals surface area contributed by atoms with Crippen LogP contribution in [0.2, 0.25) is 0 Å². The SMILES string of the molecule is O=P(O)(O)OP(=O)(O)OP(=O)(O)O[C@@H]1CC(F)(C(F)(F)F)[C@H](n2ccc(=S)[nH]c2=S)O1. The fourth-order valence-corrected chi connectivity index (χ4v) is 5.88. The van der Waals surface area contributed by atoms with Gasteiger partial charge in [0.1, 0.15) is 4.64 Å². The van der Waals surface area contributed by atoms with Crippen LogP contribution in [0.25, 0.3) is 0 Å². The first kappa shape index (κ1) is 26.9. The summed E-state index contributed by atoms with van der Waals surface area (Å²) in [5, 5.41) is 0. The molecule has 0 spiro atoms. The van der Waals surface area contributed by atoms with Crippen LogP contribution in [0, 0.1) is 9.41 Å². The van der Waals surface area contributed by atoms with E-state index in [9.17, 15) is 36.2 Å². The fraction of sp³-hybridized carbons (Fsp3) is 0.556. The van der Waals surface area contributed by atoms with Crippen LogP contribution < -0.4 is 0 Å². The van der Waals surface area contributed by atoms with Crippen LogP contribution in [0.15, 0.2) is 12.3 Å². The van der Waals surface area contributed by atoms with Crippen LogP contribution in [-0.2, 0) is 31.6 Å². The summed E-state index contributed by atoms with van der Waals surface area (Å²) in [6.45, 7) is 0. The number of H-pyrrole nitrogens is 1. The Morgan fingerprint density at radius 3 is 2.23 bits per heavy atom. The van der Waals surface area contributed by atoms with Crippen molar-refractivity contribution in [2.24, 2.45) is 0 Å². The van der Waals surface area contributed by atoms with Gasteiger partial charge in [-0.1, -0.05) is 12.2 Å². The highest BCUT2D eigenvalue weighted by Gasteiger charge is 2.68. The van der Waals surface area contributed by atoms with Gasteiger partial charge in [-0.3, -0.25) is 9.09 Å². The summed E-state index contributed by atoms with van der Waals surface area (Å²) in [6, 6.07) is 1.04. The second kappa shape index (κ2) is 8.76. The summed E-state index contributed by atoms with van der Waals surface area (Å²) in [5.41, 5.74) is -4.24. The van der Waals surface area contributed by atoms with E-state index in [1.54, 1.807) is 0 Å². The Hall–Kier alpha value is -0.390. The molecule has 1 aliphatic heterocycles. The van der Waals surface area contributed by atoms with E-state index in [2.05, 4.69) is 18.1 Å². The van der Waals surface area contributed by atoms with Gasteiger partial charge in [0.05, 0.1) is 0 Å². The number of nitrogens with one attached hydrogen (secondary N) is 1. The Labute approximate surface area is 179 Å². The van der Waals surface area contributed by atoms with Crippen LogP contribution in [0.3, 0.4) is 0 Å². The van der Waals surface area contributed by atoms with Gasteiger partial charge < -0.3 is 29.3 Å². The molecule has 2 rings (SSSR count). The molecule has 0 aliphatic carbocycles. The Bertz CT molecular complexity index is 1100. The second-order valence-electron chi connectivity index (χ2n) is 5.70. The van der Waals surface area contributed by atoms with Crippen molar-refractivity contribution < 1.29 is 68.7 Å². The molecule has 22 heteroatoms. The standard InChI is InChI=1S/C9H11F4N2O11P3S2/c10-8(9(11,12)13)3-5(23-6(8)15-2-1-4(30)14-7(15)31)24-28(19,20)26-29(21,22)25-27(16,17)18/h1-2,5-6H,3H2,(H,19,20)(H,21,22)(H,14,30,31)(H2,16,17,18)/t5-,6-,8?/m1/s1. The van der Waals surface area contributed by atoms with E-state index in [-0.39, 0.29) is 4.64 Å². The van der Waals surface area contributed by atoms with Gasteiger partial charge in [0.2, 0.25) is 0 Å². The van der Waals surface area contributed by atoms with Gasteiger partial charge in [-0.15, -0.1) is 0 Å². The highest BCUT2D eigenvalue weighted by Crippen LogP contribution is 2.67. The maximum Gasteiger partial charge on any atom is 0.490 e. The molecule has 0 saturated carbocycles. The molecule has 178 valence electrons. The number of hydrogen-bond donors (Lipinski definition) is 5. The highest BCUT2D eigenvalue weighted by atomic mass is 32.1. The summed E-state index contributed by atoms with van der Waals surface area (Å²) >= 11 is 9.50. The predicted octanol–water partition coefficient (Wildman–Crippen LogP) is 3.13. The van der Waals surface area contributed by atoms with Gasteiger partial charge >= 0.3 is 29.6 Å². The number of alkyl halides is 4. The number of phosphoric acid groups is 3. The fourth-order valence-electron chi connectivity index (χ4n) is 2.31. The van der Waals surface area contributed by atoms with Gasteiger partial charge in [-0.05, 0) is 18.3 Å². The largest absolute Gasteiger partial charge is 0.490 e. The van der Waals surface area contributed by atoms with Crippen LogP contribution >= 0.6 is 47.9 Å². The summed E-state index contributed by atoms with van der Waals surface area (Å²) in [4.78, 5) is 37.7. The number of aromatic amines is 1. The predicted molar refractivity (Wildman–Crippen MR) is 93.8 cm³/mol. The first-order valence-corrected chi connectivity index (χ1v) is 12.6. The van der Waals surface area contributed by atoms with Gasteiger partial charge in [-0.2, -0.15) is 21.8 Å². The third kappa shape index (κ3) is 6.80. The van der Waals surface area contributed by atoms with Gasteiger partial charge in [0.15, 0.2) is 17.3 Å². The number of ether oxygens (including phenoxy) is 1. The van der Waals surface area contributed by atoms with E-state index < -0.39 is 59.0 Å². The maximum absolute atomic E-state index is 15.0. The van der Waals surface area contributed by atoms with Gasteiger partial charge in [-0.25, -0.2) is 18.1 Å². The summed E-state index contributed by atoms with van der Waals surface area (Å²) in [7, 11) is -17.6. The Morgan fingerprint density at radius 2 is 1.74 bits per heavy atom. The lowest BCUT2D eigenvalue weighted by atomic mass is 10.0. The average Bonchev–Trinajstić information content (AvgIpc) is 2.79. The van der Waals surface area contributed by atoms with E-state index in [4.69, 9.17) is 43.9 Å². The summed E-state index contributed by atoms with van der Waals surface area (Å²) in [6.07, 6.45) is -11.6. The third-order valence-electron chi connectivity index (χ3n) is 3.38. The minimum atomic E-state index is -5.95. The van der Waals surface area contributed by atoms with Crippen molar-refractivity contribution in [3.8, 4) is 0 Å². The van der Waals surface area contributed by atoms with E-state index >= 15 is 0 Å². The molecule has 5 N–H and O–H groups in total. The average molecular weight is 556 g/mol. The van der Waals surface area contributed by atoms with Crippen molar-refractivity contribution in [1.29, 1.82) is 0 Å². The Morgan fingerprint density at radius 1 is 1.16 bits per heavy atom. The number of aromatic nitrogens is 2. The second-order valence-corrected chi connectivity index (χ2v) is 10.9. The Kier molecular flexibility index (Phi) is 7.59. The van der Waals surface area contributed by atoms with Gasteiger partial charge in [0, 0.05) is 12.6 Å². The maximum atomic E-state index is 15.0. The smallest absolute Gasteiger partial charge is 0.325 e. The summed E-state index contributed by atoms with van der Waals surface area (Å²) < 4.78 is 104. The van der Waals surface area contributed by atoms with E-state index in [1.807, 2.05) is 0 Å². The lowest BCUT2D eigenvalue weighted by Crippen LogP contribution is -2.45. The van der Waals surface area contributed by atoms with Gasteiger partial charge in [0.25, 0.3) is 5.67 Å². The number of hydrogen-bond acceptors (Lipinski definition) is 9. The van der Waals surface area contributed by atoms with Crippen LogP contribution in [-0.4, -0.2) is 47.3 Å². The number of halogens is 4. The molecule has 0 aromatic carbocycles. The lowest BCUT2D eigenvalue weighted by molar-refractivity contribution is -0.257. The molecule has 3 unspecified atom stereocenters. The minimum absolute atomic E-state index is 0.0134. The van der Waals surface area contributed by atoms with Crippen molar-refractivity contribution in [2.75, 3.05) is 0 Å². The van der Waals surface area contributed by atoms with Crippen molar-refractivity contribution in [3.63, 3.8) is 0 Å². The van der Waals surface area contributed by atoms with Crippen molar-refractivity contribution >= 4 is 47.9 Å². The first-order chi connectivity index (χ1) is 13.7. The molecule has 5 atom stereocenters. The first-order valence-electron chi connectivity index (χ1n) is 7.29. The summed E-state index contributed by atoms with van der Waals surface area (Å²) in [5.74, 6) is 0. The topological polar surface area (TPSA) is 190 Å². The normalized spacial score (nSPS) is 28.8. The van der Waals surface area contributed by atoms with Crippen molar-refractivity contribution in [2.45, 2.75) is 30.8 Å². The molecule has 0 bridgehead atoms. The van der Waals surface area contributed by atoms with E-state index in [0.717, 1.165) is 12.3 Å². The zero-order chi connectivity index (χ0) is 24.0. The molecule has 0 radical (unpaired) electrons. The zero-order valence-corrected chi connectivity index (χ0v) is 18.6. The van der Waals surface area contributed by atoms with Crippen LogP contribution in [0.4, 0.5) is 17.6 Å². The highest BCUT2D eigenvalue weighted by molar-refractivity contribution is 7.72. The molecule has 1 fully saturated rings. The number of rotatable bonds is 7. The monoisotopic (exact) mass is 556 g/mol. The molecule has 1 saturated heterocycles. The molecule has 1 aromatic rings. The molecule has 13 nitrogen and oxygen atoms in total. The Balaban J connectivity index is 2.32. The quantitative estimate of drug-likeness (QED) is 0.187.